The van der Waals surface area contributed by atoms with E-state index in [0.717, 1.165) is 24.6 Å². The molecule has 0 rings (SSSR count). The molecule has 1 radical (unpaired) electrons. The smallest absolute Gasteiger partial charge is 0.384 e. The molecule has 0 aromatic carbocycles. The van der Waals surface area contributed by atoms with Crippen molar-refractivity contribution < 1.29 is 13.6 Å². The molecule has 0 bridgehead atoms. The summed E-state index contributed by atoms with van der Waals surface area (Å²) in [6.07, 6.45) is 0.989. The van der Waals surface area contributed by atoms with Gasteiger partial charge in [0.25, 0.3) is 0 Å². The third-order valence-corrected chi connectivity index (χ3v) is 3.15. The first-order valence-corrected chi connectivity index (χ1v) is 5.89. The van der Waals surface area contributed by atoms with Crippen LogP contribution in [-0.4, -0.2) is 36.7 Å². The Morgan fingerprint density at radius 1 is 1.31 bits per heavy atom. The lowest BCUT2D eigenvalue weighted by Gasteiger charge is -2.08. The van der Waals surface area contributed by atoms with Gasteiger partial charge in [0.2, 0.25) is 0 Å². The van der Waals surface area contributed by atoms with E-state index in [1.54, 1.807) is 14.2 Å². The van der Waals surface area contributed by atoms with Gasteiger partial charge >= 0.3 is 9.28 Å². The maximum Gasteiger partial charge on any atom is 0.384 e. The normalized spacial score (nSPS) is 10.8. The van der Waals surface area contributed by atoms with Crippen LogP contribution in [0, 0.1) is 0 Å². The second kappa shape index (κ2) is 8.44. The maximum atomic E-state index is 5.34. The molecule has 0 aliphatic rings. The van der Waals surface area contributed by atoms with Crippen LogP contribution in [0.3, 0.4) is 0 Å². The molecular formula is C9H19O3Si. The zero-order valence-corrected chi connectivity index (χ0v) is 9.76. The first kappa shape index (κ1) is 12.8. The van der Waals surface area contributed by atoms with Crippen molar-refractivity contribution in [3.05, 3.63) is 12.2 Å². The fourth-order valence-corrected chi connectivity index (χ4v) is 1.86. The van der Waals surface area contributed by atoms with Crippen molar-refractivity contribution in [2.45, 2.75) is 19.4 Å². The molecule has 0 fully saturated rings. The second-order valence-electron chi connectivity index (χ2n) is 2.89. The Morgan fingerprint density at radius 3 is 2.38 bits per heavy atom. The minimum absolute atomic E-state index is 0.655. The van der Waals surface area contributed by atoms with Gasteiger partial charge in [0.05, 0.1) is 6.61 Å². The molecule has 0 unspecified atom stereocenters. The average molecular weight is 203 g/mol. The van der Waals surface area contributed by atoms with Gasteiger partial charge in [-0.15, -0.1) is 0 Å². The summed E-state index contributed by atoms with van der Waals surface area (Å²) >= 11 is 0. The summed E-state index contributed by atoms with van der Waals surface area (Å²) < 4.78 is 15.6. The summed E-state index contributed by atoms with van der Waals surface area (Å²) in [4.78, 5) is 0. The highest BCUT2D eigenvalue weighted by Crippen LogP contribution is 2.00. The van der Waals surface area contributed by atoms with Crippen LogP contribution in [0.4, 0.5) is 0 Å². The molecule has 0 aromatic rings. The van der Waals surface area contributed by atoms with Gasteiger partial charge in [-0.05, 0) is 19.4 Å². The fourth-order valence-electron chi connectivity index (χ4n) is 0.852. The van der Waals surface area contributed by atoms with E-state index in [4.69, 9.17) is 13.6 Å². The molecule has 3 nitrogen and oxygen atoms in total. The van der Waals surface area contributed by atoms with E-state index < -0.39 is 9.28 Å². The Kier molecular flexibility index (Phi) is 8.33. The molecule has 0 aliphatic carbocycles. The van der Waals surface area contributed by atoms with Crippen LogP contribution in [0.5, 0.6) is 0 Å². The molecule has 0 atom stereocenters. The van der Waals surface area contributed by atoms with Crippen LogP contribution in [0.25, 0.3) is 0 Å². The summed E-state index contributed by atoms with van der Waals surface area (Å²) in [6, 6.07) is 0.966. The van der Waals surface area contributed by atoms with E-state index in [1.165, 1.54) is 0 Å². The van der Waals surface area contributed by atoms with E-state index in [0.29, 0.717) is 6.61 Å². The van der Waals surface area contributed by atoms with Crippen molar-refractivity contribution in [1.82, 2.24) is 0 Å². The van der Waals surface area contributed by atoms with Gasteiger partial charge in [-0.25, -0.2) is 0 Å². The zero-order chi connectivity index (χ0) is 10.1. The third-order valence-electron chi connectivity index (χ3n) is 1.47. The van der Waals surface area contributed by atoms with Crippen LogP contribution in [0.1, 0.15) is 13.3 Å². The topological polar surface area (TPSA) is 27.7 Å². The first-order chi connectivity index (χ1) is 6.20. The molecule has 0 aliphatic heterocycles. The summed E-state index contributed by atoms with van der Waals surface area (Å²) in [7, 11) is 2.35. The summed E-state index contributed by atoms with van der Waals surface area (Å²) in [5.74, 6) is 0. The van der Waals surface area contributed by atoms with E-state index >= 15 is 0 Å². The van der Waals surface area contributed by atoms with E-state index in [9.17, 15) is 0 Å². The zero-order valence-electron chi connectivity index (χ0n) is 8.76. The lowest BCUT2D eigenvalue weighted by atomic mass is 10.4. The SMILES string of the molecule is C=C(C)COCCC[Si](OC)OC. The van der Waals surface area contributed by atoms with Crippen molar-refractivity contribution in [2.75, 3.05) is 27.4 Å². The number of hydrogen-bond acceptors (Lipinski definition) is 3. The Morgan fingerprint density at radius 2 is 1.92 bits per heavy atom. The molecule has 0 saturated heterocycles. The molecular weight excluding hydrogens is 184 g/mol. The lowest BCUT2D eigenvalue weighted by Crippen LogP contribution is -2.19. The molecule has 77 valence electrons. The Balaban J connectivity index is 3.19. The molecule has 0 amide bonds. The van der Waals surface area contributed by atoms with Gasteiger partial charge in [-0.1, -0.05) is 12.2 Å². The van der Waals surface area contributed by atoms with Crippen molar-refractivity contribution in [1.29, 1.82) is 0 Å². The summed E-state index contributed by atoms with van der Waals surface area (Å²) in [6.45, 7) is 7.12. The molecule has 0 N–H and O–H groups in total. The summed E-state index contributed by atoms with van der Waals surface area (Å²) in [5.41, 5.74) is 1.06. The fraction of sp³-hybridized carbons (Fsp3) is 0.778. The van der Waals surface area contributed by atoms with Gasteiger partial charge in [0.1, 0.15) is 0 Å². The molecule has 0 spiro atoms. The van der Waals surface area contributed by atoms with Crippen LogP contribution < -0.4 is 0 Å². The molecule has 0 heterocycles. The van der Waals surface area contributed by atoms with Gasteiger partial charge in [-0.3, -0.25) is 0 Å². The van der Waals surface area contributed by atoms with Crippen molar-refractivity contribution >= 4 is 9.28 Å². The minimum Gasteiger partial charge on any atom is -0.397 e. The lowest BCUT2D eigenvalue weighted by molar-refractivity contribution is 0.154. The van der Waals surface area contributed by atoms with Crippen molar-refractivity contribution in [3.63, 3.8) is 0 Å². The Labute approximate surface area is 82.5 Å². The van der Waals surface area contributed by atoms with Gasteiger partial charge < -0.3 is 13.6 Å². The quantitative estimate of drug-likeness (QED) is 0.342. The number of hydrogen-bond donors (Lipinski definition) is 0. The van der Waals surface area contributed by atoms with E-state index in [2.05, 4.69) is 6.58 Å². The standard InChI is InChI=1S/C9H19O3Si/c1-9(2)8-12-6-5-7-13(10-3)11-4/h1,5-8H2,2-4H3. The highest BCUT2D eigenvalue weighted by Gasteiger charge is 2.10. The first-order valence-electron chi connectivity index (χ1n) is 4.36. The van der Waals surface area contributed by atoms with Gasteiger partial charge in [-0.2, -0.15) is 0 Å². The monoisotopic (exact) mass is 203 g/mol. The maximum absolute atomic E-state index is 5.34. The molecule has 0 saturated carbocycles. The highest BCUT2D eigenvalue weighted by atomic mass is 28.3. The van der Waals surface area contributed by atoms with Crippen LogP contribution >= 0.6 is 0 Å². The van der Waals surface area contributed by atoms with E-state index in [1.807, 2.05) is 6.92 Å². The summed E-state index contributed by atoms with van der Waals surface area (Å²) in [5, 5.41) is 0. The predicted octanol–water partition coefficient (Wildman–Crippen LogP) is 1.75. The molecule has 13 heavy (non-hydrogen) atoms. The largest absolute Gasteiger partial charge is 0.397 e. The van der Waals surface area contributed by atoms with E-state index in [-0.39, 0.29) is 0 Å². The Hall–Kier alpha value is -0.163. The van der Waals surface area contributed by atoms with Crippen LogP contribution in [0.15, 0.2) is 12.2 Å². The van der Waals surface area contributed by atoms with Crippen LogP contribution in [-0.2, 0) is 13.6 Å². The molecule has 0 aromatic heterocycles. The highest BCUT2D eigenvalue weighted by molar-refractivity contribution is 6.44. The van der Waals surface area contributed by atoms with Gasteiger partial charge in [0.15, 0.2) is 0 Å². The average Bonchev–Trinajstić information content (AvgIpc) is 2.11. The van der Waals surface area contributed by atoms with Gasteiger partial charge in [0, 0.05) is 20.8 Å². The second-order valence-corrected chi connectivity index (χ2v) is 4.95. The Bertz CT molecular complexity index is 135. The number of rotatable bonds is 8. The minimum atomic E-state index is -1.03. The van der Waals surface area contributed by atoms with Crippen LogP contribution in [0.2, 0.25) is 6.04 Å². The predicted molar refractivity (Wildman–Crippen MR) is 54.8 cm³/mol. The van der Waals surface area contributed by atoms with Crippen molar-refractivity contribution in [3.8, 4) is 0 Å². The van der Waals surface area contributed by atoms with Crippen molar-refractivity contribution in [2.24, 2.45) is 0 Å². The number of ether oxygens (including phenoxy) is 1. The molecule has 4 heteroatoms. The third kappa shape index (κ3) is 8.17.